The number of fused-ring (bicyclic) bond motifs is 1. The lowest BCUT2D eigenvalue weighted by Crippen LogP contribution is -2.04. The summed E-state index contributed by atoms with van der Waals surface area (Å²) in [6, 6.07) is 4.12. The quantitative estimate of drug-likeness (QED) is 0.574. The van der Waals surface area contributed by atoms with Crippen molar-refractivity contribution < 1.29 is 0 Å². The second kappa shape index (κ2) is 7.07. The zero-order chi connectivity index (χ0) is 16.1. The Morgan fingerprint density at radius 2 is 2.22 bits per heavy atom. The summed E-state index contributed by atoms with van der Waals surface area (Å²) in [7, 11) is 0. The number of thiophene rings is 1. The summed E-state index contributed by atoms with van der Waals surface area (Å²) in [6.45, 7) is 0.859. The molecule has 3 aromatic heterocycles. The molecule has 0 aromatic carbocycles. The lowest BCUT2D eigenvalue weighted by Gasteiger charge is -2.06. The Morgan fingerprint density at radius 1 is 1.30 bits per heavy atom. The molecule has 0 saturated carbocycles. The second-order valence-electron chi connectivity index (χ2n) is 5.17. The molecule has 3 heterocycles. The maximum Gasteiger partial charge on any atom is 0.163 e. The minimum atomic E-state index is 0.285. The third kappa shape index (κ3) is 3.40. The molecule has 3 aromatic rings. The molecule has 0 saturated heterocycles. The molecular formula is C15H17N7S. The molecule has 23 heavy (non-hydrogen) atoms. The number of nitriles is 1. The molecule has 3 rings (SSSR count). The molecule has 4 N–H and O–H groups in total. The number of rotatable bonds is 7. The number of nitrogen functional groups attached to an aromatic ring is 1. The number of aryl methyl sites for hydroxylation is 1. The number of nitrogens with one attached hydrogen (secondary N) is 2. The van der Waals surface area contributed by atoms with Crippen molar-refractivity contribution in [3.8, 4) is 6.07 Å². The van der Waals surface area contributed by atoms with E-state index in [2.05, 4.69) is 31.6 Å². The van der Waals surface area contributed by atoms with E-state index in [1.54, 1.807) is 17.7 Å². The van der Waals surface area contributed by atoms with Crippen LogP contribution in [0.4, 0.5) is 11.6 Å². The third-order valence-electron chi connectivity index (χ3n) is 3.64. The highest BCUT2D eigenvalue weighted by atomic mass is 32.1. The van der Waals surface area contributed by atoms with Crippen LogP contribution in [0.2, 0.25) is 0 Å². The van der Waals surface area contributed by atoms with Crippen molar-refractivity contribution in [3.05, 3.63) is 29.0 Å². The highest BCUT2D eigenvalue weighted by Crippen LogP contribution is 2.23. The van der Waals surface area contributed by atoms with Gasteiger partial charge in [0.25, 0.3) is 0 Å². The Hall–Kier alpha value is -2.66. The van der Waals surface area contributed by atoms with Crippen molar-refractivity contribution in [2.24, 2.45) is 0 Å². The zero-order valence-corrected chi connectivity index (χ0v) is 13.4. The summed E-state index contributed by atoms with van der Waals surface area (Å²) in [5.74, 6) is 1.18. The molecule has 8 heteroatoms. The molecule has 0 fully saturated rings. The molecule has 0 spiro atoms. The van der Waals surface area contributed by atoms with Gasteiger partial charge in [-0.3, -0.25) is 5.10 Å². The topological polar surface area (TPSA) is 116 Å². The summed E-state index contributed by atoms with van der Waals surface area (Å²) in [5, 5.41) is 22.2. The van der Waals surface area contributed by atoms with Crippen molar-refractivity contribution in [1.82, 2.24) is 20.2 Å². The Labute approximate surface area is 137 Å². The molecule has 118 valence electrons. The average Bonchev–Trinajstić information content (AvgIpc) is 3.17. The molecule has 0 radical (unpaired) electrons. The maximum atomic E-state index is 9.01. The van der Waals surface area contributed by atoms with Gasteiger partial charge in [-0.05, 0) is 30.7 Å². The van der Waals surface area contributed by atoms with Gasteiger partial charge in [-0.25, -0.2) is 9.97 Å². The fourth-order valence-electron chi connectivity index (χ4n) is 2.44. The van der Waals surface area contributed by atoms with E-state index >= 15 is 0 Å². The van der Waals surface area contributed by atoms with Crippen LogP contribution in [0.5, 0.6) is 0 Å². The molecule has 0 bridgehead atoms. The standard InChI is InChI=1S/C15H17N7S/c16-8-11-12(21-22-13(11)17)4-2-1-3-6-18-14-10-5-7-23-15(10)20-9-19-14/h5,7,9H,1-4,6H2,(H3,17,21,22)(H,18,19,20). The fraction of sp³-hybridized carbons (Fsp3) is 0.333. The molecule has 0 aliphatic rings. The van der Waals surface area contributed by atoms with Crippen molar-refractivity contribution in [3.63, 3.8) is 0 Å². The van der Waals surface area contributed by atoms with Gasteiger partial charge in [0.05, 0.1) is 11.1 Å². The number of aromatic amines is 1. The SMILES string of the molecule is N#Cc1c(N)n[nH]c1CCCCCNc1ncnc2sccc12. The number of unbranched alkanes of at least 4 members (excludes halogenated alkanes) is 2. The van der Waals surface area contributed by atoms with Crippen LogP contribution >= 0.6 is 11.3 Å². The smallest absolute Gasteiger partial charge is 0.163 e. The Kier molecular flexibility index (Phi) is 4.68. The van der Waals surface area contributed by atoms with Gasteiger partial charge in [-0.15, -0.1) is 11.3 Å². The van der Waals surface area contributed by atoms with Gasteiger partial charge in [0.15, 0.2) is 5.82 Å². The molecule has 7 nitrogen and oxygen atoms in total. The number of anilines is 2. The van der Waals surface area contributed by atoms with Crippen LogP contribution in [0.15, 0.2) is 17.8 Å². The number of hydrogen-bond donors (Lipinski definition) is 3. The minimum Gasteiger partial charge on any atom is -0.381 e. The third-order valence-corrected chi connectivity index (χ3v) is 4.46. The van der Waals surface area contributed by atoms with Crippen LogP contribution in [0.25, 0.3) is 10.2 Å². The van der Waals surface area contributed by atoms with Crippen LogP contribution < -0.4 is 11.1 Å². The lowest BCUT2D eigenvalue weighted by molar-refractivity contribution is 0.687. The molecule has 0 amide bonds. The normalized spacial score (nSPS) is 10.7. The van der Waals surface area contributed by atoms with Gasteiger partial charge in [0.2, 0.25) is 0 Å². The molecule has 0 unspecified atom stereocenters. The maximum absolute atomic E-state index is 9.01. The van der Waals surface area contributed by atoms with E-state index in [0.717, 1.165) is 54.0 Å². The van der Waals surface area contributed by atoms with Gasteiger partial charge in [0, 0.05) is 6.54 Å². The monoisotopic (exact) mass is 327 g/mol. The summed E-state index contributed by atoms with van der Waals surface area (Å²) in [6.07, 6.45) is 5.44. The van der Waals surface area contributed by atoms with Gasteiger partial charge < -0.3 is 11.1 Å². The van der Waals surface area contributed by atoms with Crippen molar-refractivity contribution in [1.29, 1.82) is 5.26 Å². The Bertz CT molecular complexity index is 830. The summed E-state index contributed by atoms with van der Waals surface area (Å²) >= 11 is 1.61. The first-order valence-corrected chi connectivity index (χ1v) is 8.32. The summed E-state index contributed by atoms with van der Waals surface area (Å²) in [5.41, 5.74) is 6.92. The fourth-order valence-corrected chi connectivity index (χ4v) is 3.17. The minimum absolute atomic E-state index is 0.285. The van der Waals surface area contributed by atoms with E-state index in [1.807, 2.05) is 11.4 Å². The van der Waals surface area contributed by atoms with Crippen LogP contribution in [-0.4, -0.2) is 26.7 Å². The van der Waals surface area contributed by atoms with Crippen molar-refractivity contribution in [2.45, 2.75) is 25.7 Å². The molecular weight excluding hydrogens is 310 g/mol. The second-order valence-corrected chi connectivity index (χ2v) is 6.07. The van der Waals surface area contributed by atoms with E-state index in [0.29, 0.717) is 5.56 Å². The summed E-state index contributed by atoms with van der Waals surface area (Å²) in [4.78, 5) is 9.53. The van der Waals surface area contributed by atoms with Crippen molar-refractivity contribution in [2.75, 3.05) is 17.6 Å². The first-order chi connectivity index (χ1) is 11.3. The Morgan fingerprint density at radius 3 is 3.09 bits per heavy atom. The van der Waals surface area contributed by atoms with Crippen LogP contribution in [0.1, 0.15) is 30.5 Å². The van der Waals surface area contributed by atoms with E-state index < -0.39 is 0 Å². The van der Waals surface area contributed by atoms with Gasteiger partial charge >= 0.3 is 0 Å². The predicted octanol–water partition coefficient (Wildman–Crippen LogP) is 2.69. The predicted molar refractivity (Wildman–Crippen MR) is 91.2 cm³/mol. The average molecular weight is 327 g/mol. The summed E-state index contributed by atoms with van der Waals surface area (Å²) < 4.78 is 0. The van der Waals surface area contributed by atoms with E-state index in [-0.39, 0.29) is 5.82 Å². The highest BCUT2D eigenvalue weighted by Gasteiger charge is 2.09. The van der Waals surface area contributed by atoms with Gasteiger partial charge in [0.1, 0.15) is 28.6 Å². The van der Waals surface area contributed by atoms with Crippen LogP contribution in [0, 0.1) is 11.3 Å². The van der Waals surface area contributed by atoms with E-state index in [1.165, 1.54) is 0 Å². The van der Waals surface area contributed by atoms with E-state index in [4.69, 9.17) is 11.0 Å². The molecule has 0 aliphatic carbocycles. The largest absolute Gasteiger partial charge is 0.381 e. The lowest BCUT2D eigenvalue weighted by atomic mass is 10.1. The van der Waals surface area contributed by atoms with Crippen molar-refractivity contribution >= 4 is 33.2 Å². The number of hydrogen-bond acceptors (Lipinski definition) is 7. The number of aromatic nitrogens is 4. The van der Waals surface area contributed by atoms with E-state index in [9.17, 15) is 0 Å². The molecule has 0 aliphatic heterocycles. The number of nitrogens with two attached hydrogens (primary N) is 1. The highest BCUT2D eigenvalue weighted by molar-refractivity contribution is 7.16. The number of H-pyrrole nitrogens is 1. The zero-order valence-electron chi connectivity index (χ0n) is 12.5. The van der Waals surface area contributed by atoms with Gasteiger partial charge in [-0.1, -0.05) is 6.42 Å². The first-order valence-electron chi connectivity index (χ1n) is 7.44. The molecule has 0 atom stereocenters. The first kappa shape index (κ1) is 15.2. The van der Waals surface area contributed by atoms with Crippen LogP contribution in [-0.2, 0) is 6.42 Å². The Balaban J connectivity index is 1.42. The van der Waals surface area contributed by atoms with Gasteiger partial charge in [-0.2, -0.15) is 10.4 Å². The number of nitrogens with zero attached hydrogens (tertiary/aromatic N) is 4. The van der Waals surface area contributed by atoms with Crippen LogP contribution in [0.3, 0.4) is 0 Å².